The molecule has 2 aliphatic carbocycles. The number of fused-ring (bicyclic) bond motifs is 3. The third-order valence-electron chi connectivity index (χ3n) is 12.6. The summed E-state index contributed by atoms with van der Waals surface area (Å²) in [5, 5.41) is 30.7. The lowest BCUT2D eigenvalue weighted by atomic mass is 9.53. The van der Waals surface area contributed by atoms with E-state index in [4.69, 9.17) is 33.4 Å². The number of rotatable bonds is 12. The van der Waals surface area contributed by atoms with Crippen LogP contribution in [0.2, 0.25) is 0 Å². The zero-order valence-electron chi connectivity index (χ0n) is 35.8. The van der Waals surface area contributed by atoms with Crippen LogP contribution < -0.4 is 0 Å². The number of hydrogen-bond donors (Lipinski definition) is 3. The standard InChI is InChI=1S/C46H63FN2O10S/c1-27-13-12-17-38(50)55-35(19-18-34-45(60)58-43(49-34)29(3)15-10-11-22-48)28(2)14-8-9-16-31-23-30(4)39-33(46(31,5)21-20-27)24-32(54-7)25-36(39)56-44-42(59-47)41(52)40(51)37(57-44)26-53-6/h8-9,13-14,16,18-21,23,28-29,31-33,35-37,39-42,44,51-52,60H,10-12,15,17,24-26H2,1-7H3/b14-8+,16-9+,19-18+,21-20+,27-13-. The number of halogens is 1. The quantitative estimate of drug-likeness (QED) is 0.0803. The molecule has 1 saturated carbocycles. The van der Waals surface area contributed by atoms with Gasteiger partial charge in [-0.15, -0.1) is 12.6 Å². The molecule has 4 aliphatic rings. The minimum Gasteiger partial charge on any atom is -0.457 e. The summed E-state index contributed by atoms with van der Waals surface area (Å²) < 4.78 is 49.6. The number of nitriles is 1. The molecule has 1 aromatic rings. The van der Waals surface area contributed by atoms with Crippen LogP contribution in [0.4, 0.5) is 4.53 Å². The van der Waals surface area contributed by atoms with Crippen LogP contribution in [0, 0.1) is 40.4 Å². The Kier molecular flexibility index (Phi) is 17.6. The van der Waals surface area contributed by atoms with Gasteiger partial charge in [0.05, 0.1) is 24.9 Å². The van der Waals surface area contributed by atoms with Crippen molar-refractivity contribution in [2.24, 2.45) is 29.1 Å². The fraction of sp³-hybridized carbons (Fsp3) is 0.630. The van der Waals surface area contributed by atoms with Crippen molar-refractivity contribution < 1.29 is 52.6 Å². The highest BCUT2D eigenvalue weighted by Crippen LogP contribution is 2.56. The molecule has 2 fully saturated rings. The van der Waals surface area contributed by atoms with Crippen LogP contribution in [-0.2, 0) is 33.4 Å². The van der Waals surface area contributed by atoms with Gasteiger partial charge in [-0.05, 0) is 67.5 Å². The molecule has 2 N–H and O–H groups in total. The van der Waals surface area contributed by atoms with Gasteiger partial charge >= 0.3 is 5.97 Å². The first-order chi connectivity index (χ1) is 28.7. The molecular weight excluding hydrogens is 792 g/mol. The van der Waals surface area contributed by atoms with Crippen LogP contribution in [-0.4, -0.2) is 91.0 Å². The van der Waals surface area contributed by atoms with Crippen molar-refractivity contribution >= 4 is 24.7 Å². The van der Waals surface area contributed by atoms with E-state index in [1.54, 1.807) is 13.2 Å². The second-order valence-electron chi connectivity index (χ2n) is 16.9. The first kappa shape index (κ1) is 47.7. The van der Waals surface area contributed by atoms with E-state index in [9.17, 15) is 19.5 Å². The molecule has 1 saturated heterocycles. The normalized spacial score (nSPS) is 38.3. The summed E-state index contributed by atoms with van der Waals surface area (Å²) in [6, 6.07) is 2.17. The summed E-state index contributed by atoms with van der Waals surface area (Å²) in [6.07, 6.45) is 16.2. The molecule has 1 aromatic heterocycles. The summed E-state index contributed by atoms with van der Waals surface area (Å²) in [7, 11) is 3.12. The number of nitrogens with zero attached hydrogens (tertiary/aromatic N) is 2. The Balaban J connectivity index is 1.44. The first-order valence-corrected chi connectivity index (χ1v) is 21.5. The van der Waals surface area contributed by atoms with Crippen LogP contribution in [0.5, 0.6) is 0 Å². The van der Waals surface area contributed by atoms with Crippen molar-refractivity contribution in [2.45, 2.75) is 140 Å². The maximum atomic E-state index is 14.0. The van der Waals surface area contributed by atoms with E-state index in [-0.39, 0.29) is 54.7 Å². The number of methoxy groups -OCH3 is 2. The fourth-order valence-electron chi connectivity index (χ4n) is 9.00. The molecule has 14 unspecified atom stereocenters. The van der Waals surface area contributed by atoms with Crippen molar-refractivity contribution in [3.63, 3.8) is 0 Å². The lowest BCUT2D eigenvalue weighted by Gasteiger charge is -2.54. The minimum atomic E-state index is -1.60. The molecule has 14 heteroatoms. The maximum Gasteiger partial charge on any atom is 0.306 e. The van der Waals surface area contributed by atoms with Gasteiger partial charge in [0.15, 0.2) is 23.4 Å². The number of cyclic esters (lactones) is 1. The summed E-state index contributed by atoms with van der Waals surface area (Å²) in [5.41, 5.74) is 2.21. The number of thiol groups is 1. The highest BCUT2D eigenvalue weighted by atomic mass is 32.1. The van der Waals surface area contributed by atoms with Gasteiger partial charge in [-0.3, -0.25) is 4.79 Å². The summed E-state index contributed by atoms with van der Waals surface area (Å²) in [4.78, 5) is 22.0. The monoisotopic (exact) mass is 854 g/mol. The molecular formula is C46H63FN2O10S. The largest absolute Gasteiger partial charge is 0.457 e. The molecule has 3 heterocycles. The number of esters is 1. The van der Waals surface area contributed by atoms with E-state index in [1.807, 2.05) is 51.2 Å². The van der Waals surface area contributed by atoms with Crippen molar-refractivity contribution in [3.05, 3.63) is 77.4 Å². The van der Waals surface area contributed by atoms with Crippen LogP contribution in [0.1, 0.15) is 97.1 Å². The average Bonchev–Trinajstić information content (AvgIpc) is 3.60. The predicted molar refractivity (Wildman–Crippen MR) is 226 cm³/mol. The maximum absolute atomic E-state index is 14.0. The zero-order valence-corrected chi connectivity index (χ0v) is 36.7. The van der Waals surface area contributed by atoms with Gasteiger partial charge in [0.25, 0.3) is 0 Å². The number of carbonyl (C=O) groups is 1. The van der Waals surface area contributed by atoms with Gasteiger partial charge in [0.1, 0.15) is 30.1 Å². The number of ether oxygens (including phenoxy) is 5. The Hall–Kier alpha value is -3.39. The lowest BCUT2D eigenvalue weighted by Crippen LogP contribution is -2.61. The van der Waals surface area contributed by atoms with E-state index in [0.29, 0.717) is 35.9 Å². The van der Waals surface area contributed by atoms with Crippen LogP contribution in [0.15, 0.2) is 75.3 Å². The smallest absolute Gasteiger partial charge is 0.306 e. The molecule has 0 bridgehead atoms. The van der Waals surface area contributed by atoms with Gasteiger partial charge in [0.2, 0.25) is 0 Å². The second kappa shape index (κ2) is 22.1. The second-order valence-corrected chi connectivity index (χ2v) is 17.3. The van der Waals surface area contributed by atoms with Crippen molar-refractivity contribution in [2.75, 3.05) is 20.8 Å². The highest BCUT2D eigenvalue weighted by Gasteiger charge is 2.54. The Morgan fingerprint density at radius 1 is 1.18 bits per heavy atom. The van der Waals surface area contributed by atoms with Crippen molar-refractivity contribution in [3.8, 4) is 6.07 Å². The Morgan fingerprint density at radius 3 is 2.67 bits per heavy atom. The third kappa shape index (κ3) is 11.5. The van der Waals surface area contributed by atoms with Gasteiger partial charge in [-0.2, -0.15) is 10.2 Å². The number of carbonyl (C=O) groups excluding carboxylic acids is 1. The van der Waals surface area contributed by atoms with Gasteiger partial charge in [0, 0.05) is 57.2 Å². The molecule has 0 amide bonds. The van der Waals surface area contributed by atoms with E-state index in [0.717, 1.165) is 30.4 Å². The number of oxazole rings is 1. The number of aliphatic hydroxyl groups is 2. The third-order valence-corrected chi connectivity index (χ3v) is 13.0. The molecule has 14 atom stereocenters. The summed E-state index contributed by atoms with van der Waals surface area (Å²) in [6.45, 7) is 10.3. The molecule has 0 radical (unpaired) electrons. The van der Waals surface area contributed by atoms with E-state index < -0.39 is 48.3 Å². The van der Waals surface area contributed by atoms with Crippen molar-refractivity contribution in [1.82, 2.24) is 4.98 Å². The molecule has 0 aromatic carbocycles. The minimum absolute atomic E-state index is 0.00380. The molecule has 60 heavy (non-hydrogen) atoms. The van der Waals surface area contributed by atoms with Crippen LogP contribution >= 0.6 is 12.6 Å². The molecule has 12 nitrogen and oxygen atoms in total. The molecule has 0 spiro atoms. The number of allylic oxidation sites excluding steroid dienone is 8. The van der Waals surface area contributed by atoms with E-state index in [1.165, 1.54) is 7.11 Å². The molecule has 2 aliphatic heterocycles. The SMILES string of the molecule is COCC1OC(OC2CC(OC)CC3C2C(C)=CC2/C=C/C=C/C(C)C(/C=C/c4nc(C(C)CCCC#N)oc4S)OC(=O)CC/C=C(C)\C=C\C23C)C(OF)C(O)C1O. The summed E-state index contributed by atoms with van der Waals surface area (Å²) >= 11 is 4.51. The first-order valence-electron chi connectivity index (χ1n) is 21.0. The average molecular weight is 855 g/mol. The van der Waals surface area contributed by atoms with Crippen LogP contribution in [0.25, 0.3) is 6.08 Å². The predicted octanol–water partition coefficient (Wildman–Crippen LogP) is 8.10. The number of unbranched alkanes of at least 4 members (excludes halogenated alkanes) is 1. The van der Waals surface area contributed by atoms with Crippen LogP contribution in [0.3, 0.4) is 0 Å². The van der Waals surface area contributed by atoms with Gasteiger partial charge < -0.3 is 38.3 Å². The Bertz CT molecular complexity index is 1820. The Labute approximate surface area is 359 Å². The van der Waals surface area contributed by atoms with Gasteiger partial charge in [-0.25, -0.2) is 4.98 Å². The molecule has 5 rings (SSSR count). The Morgan fingerprint density at radius 2 is 1.95 bits per heavy atom. The zero-order chi connectivity index (χ0) is 43.6. The van der Waals surface area contributed by atoms with E-state index in [2.05, 4.69) is 66.8 Å². The lowest BCUT2D eigenvalue weighted by molar-refractivity contribution is -0.364. The highest BCUT2D eigenvalue weighted by molar-refractivity contribution is 7.80. The van der Waals surface area contributed by atoms with Crippen molar-refractivity contribution in [1.29, 1.82) is 5.26 Å². The number of hydrogen-bond acceptors (Lipinski definition) is 13. The number of aliphatic hydroxyl groups excluding tert-OH is 2. The fourth-order valence-corrected chi connectivity index (χ4v) is 9.21. The topological polar surface area (TPSA) is 163 Å². The van der Waals surface area contributed by atoms with E-state index >= 15 is 0 Å². The summed E-state index contributed by atoms with van der Waals surface area (Å²) in [5.74, 6) is -0.0898. The molecule has 330 valence electrons. The number of aromatic nitrogens is 1. The van der Waals surface area contributed by atoms with Gasteiger partial charge in [-0.1, -0.05) is 80.5 Å².